The van der Waals surface area contributed by atoms with E-state index in [0.29, 0.717) is 11.0 Å². The van der Waals surface area contributed by atoms with Crippen molar-refractivity contribution in [3.63, 3.8) is 0 Å². The van der Waals surface area contributed by atoms with Crippen LogP contribution >= 0.6 is 12.2 Å². The summed E-state index contributed by atoms with van der Waals surface area (Å²) in [6.07, 6.45) is 3.78. The number of carbonyl (C=O) groups excluding carboxylic acids is 1. The number of thiocarbonyl (C=S) groups is 1. The molecule has 2 heterocycles. The van der Waals surface area contributed by atoms with Crippen molar-refractivity contribution in [3.8, 4) is 0 Å². The molecule has 2 fully saturated rings. The number of piperidine rings is 1. The minimum Gasteiger partial charge on any atom is -0.392 e. The SMILES string of the molecule is CC(C)(C(=O)N1CCN2CCCCC2C1)C(N)=S. The van der Waals surface area contributed by atoms with Crippen LogP contribution in [-0.4, -0.2) is 52.9 Å². The van der Waals surface area contributed by atoms with Crippen LogP contribution < -0.4 is 5.73 Å². The molecule has 1 amide bonds. The summed E-state index contributed by atoms with van der Waals surface area (Å²) in [6.45, 7) is 7.47. The van der Waals surface area contributed by atoms with Crippen LogP contribution in [0.1, 0.15) is 33.1 Å². The van der Waals surface area contributed by atoms with Crippen LogP contribution in [0, 0.1) is 5.41 Å². The standard InChI is InChI=1S/C13H23N3OS/c1-13(2,11(14)18)12(17)16-8-7-15-6-4-3-5-10(15)9-16/h10H,3-9H2,1-2H3,(H2,14,18). The maximum absolute atomic E-state index is 12.5. The lowest BCUT2D eigenvalue weighted by molar-refractivity contribution is -0.140. The fourth-order valence-corrected chi connectivity index (χ4v) is 2.93. The van der Waals surface area contributed by atoms with Crippen LogP contribution in [0.3, 0.4) is 0 Å². The number of fused-ring (bicyclic) bond motifs is 1. The molecule has 0 saturated carbocycles. The van der Waals surface area contributed by atoms with Crippen molar-refractivity contribution in [1.82, 2.24) is 9.80 Å². The number of nitrogens with two attached hydrogens (primary N) is 1. The monoisotopic (exact) mass is 269 g/mol. The van der Waals surface area contributed by atoms with Crippen molar-refractivity contribution in [2.75, 3.05) is 26.2 Å². The normalized spacial score (nSPS) is 25.7. The van der Waals surface area contributed by atoms with Gasteiger partial charge in [0, 0.05) is 25.7 Å². The first-order valence-corrected chi connectivity index (χ1v) is 7.17. The van der Waals surface area contributed by atoms with E-state index in [0.717, 1.165) is 19.6 Å². The number of amides is 1. The van der Waals surface area contributed by atoms with E-state index >= 15 is 0 Å². The maximum Gasteiger partial charge on any atom is 0.235 e. The number of nitrogens with zero attached hydrogens (tertiary/aromatic N) is 2. The molecule has 0 aliphatic carbocycles. The summed E-state index contributed by atoms with van der Waals surface area (Å²) in [5.41, 5.74) is 4.97. The van der Waals surface area contributed by atoms with Gasteiger partial charge in [-0.05, 0) is 33.2 Å². The number of piperazine rings is 1. The maximum atomic E-state index is 12.5. The molecule has 1 atom stereocenters. The third kappa shape index (κ3) is 2.52. The molecule has 0 aromatic carbocycles. The van der Waals surface area contributed by atoms with Gasteiger partial charge in [0.25, 0.3) is 0 Å². The van der Waals surface area contributed by atoms with Crippen LogP contribution in [0.2, 0.25) is 0 Å². The van der Waals surface area contributed by atoms with E-state index < -0.39 is 5.41 Å². The van der Waals surface area contributed by atoms with Crippen molar-refractivity contribution in [1.29, 1.82) is 0 Å². The Morgan fingerprint density at radius 3 is 2.67 bits per heavy atom. The molecular formula is C13H23N3OS. The van der Waals surface area contributed by atoms with Crippen LogP contribution in [0.5, 0.6) is 0 Å². The molecule has 18 heavy (non-hydrogen) atoms. The van der Waals surface area contributed by atoms with Gasteiger partial charge in [-0.1, -0.05) is 18.6 Å². The highest BCUT2D eigenvalue weighted by molar-refractivity contribution is 7.80. The summed E-state index contributed by atoms with van der Waals surface area (Å²) in [6, 6.07) is 0.540. The average Bonchev–Trinajstić information content (AvgIpc) is 2.37. The summed E-state index contributed by atoms with van der Waals surface area (Å²) >= 11 is 5.01. The van der Waals surface area contributed by atoms with Gasteiger partial charge >= 0.3 is 0 Å². The highest BCUT2D eigenvalue weighted by Crippen LogP contribution is 2.25. The van der Waals surface area contributed by atoms with Gasteiger partial charge in [-0.3, -0.25) is 9.69 Å². The second-order valence-electron chi connectivity index (χ2n) is 5.93. The average molecular weight is 269 g/mol. The molecule has 2 N–H and O–H groups in total. The topological polar surface area (TPSA) is 49.6 Å². The quantitative estimate of drug-likeness (QED) is 0.760. The van der Waals surface area contributed by atoms with Crippen LogP contribution in [0.25, 0.3) is 0 Å². The Morgan fingerprint density at radius 2 is 2.00 bits per heavy atom. The van der Waals surface area contributed by atoms with E-state index in [1.165, 1.54) is 25.8 Å². The number of hydrogen-bond acceptors (Lipinski definition) is 3. The predicted molar refractivity (Wildman–Crippen MR) is 76.4 cm³/mol. The third-order valence-corrected chi connectivity index (χ3v) is 4.79. The van der Waals surface area contributed by atoms with Gasteiger partial charge in [-0.2, -0.15) is 0 Å². The first-order chi connectivity index (χ1) is 8.43. The third-order valence-electron chi connectivity index (χ3n) is 4.28. The Kier molecular flexibility index (Phi) is 3.92. The molecule has 4 nitrogen and oxygen atoms in total. The summed E-state index contributed by atoms with van der Waals surface area (Å²) in [4.78, 5) is 17.2. The van der Waals surface area contributed by atoms with Crippen LogP contribution in [0.15, 0.2) is 0 Å². The van der Waals surface area contributed by atoms with Crippen LogP contribution in [0.4, 0.5) is 0 Å². The number of carbonyl (C=O) groups is 1. The van der Waals surface area contributed by atoms with Gasteiger partial charge in [-0.25, -0.2) is 0 Å². The van der Waals surface area contributed by atoms with Gasteiger partial charge in [0.05, 0.1) is 10.4 Å². The lowest BCUT2D eigenvalue weighted by Gasteiger charge is -2.45. The lowest BCUT2D eigenvalue weighted by Crippen LogP contribution is -2.59. The zero-order valence-corrected chi connectivity index (χ0v) is 12.1. The lowest BCUT2D eigenvalue weighted by atomic mass is 9.90. The molecule has 102 valence electrons. The van der Waals surface area contributed by atoms with Crippen LogP contribution in [-0.2, 0) is 4.79 Å². The van der Waals surface area contributed by atoms with Gasteiger partial charge in [0.1, 0.15) is 0 Å². The molecule has 1 unspecified atom stereocenters. The molecule has 0 bridgehead atoms. The van der Waals surface area contributed by atoms with E-state index in [2.05, 4.69) is 4.90 Å². The Balaban J connectivity index is 2.02. The van der Waals surface area contributed by atoms with Crippen molar-refractivity contribution < 1.29 is 4.79 Å². The van der Waals surface area contributed by atoms with E-state index in [1.54, 1.807) is 0 Å². The zero-order chi connectivity index (χ0) is 13.3. The minimum absolute atomic E-state index is 0.0835. The molecule has 5 heteroatoms. The Hall–Kier alpha value is -0.680. The largest absolute Gasteiger partial charge is 0.392 e. The molecule has 2 aliphatic heterocycles. The molecule has 2 aliphatic rings. The van der Waals surface area contributed by atoms with Crippen molar-refractivity contribution >= 4 is 23.1 Å². The van der Waals surface area contributed by atoms with Crippen molar-refractivity contribution in [3.05, 3.63) is 0 Å². The fraction of sp³-hybridized carbons (Fsp3) is 0.846. The number of hydrogen-bond donors (Lipinski definition) is 1. The van der Waals surface area contributed by atoms with Crippen molar-refractivity contribution in [2.45, 2.75) is 39.2 Å². The molecule has 0 aromatic heterocycles. The van der Waals surface area contributed by atoms with E-state index in [9.17, 15) is 4.79 Å². The predicted octanol–water partition coefficient (Wildman–Crippen LogP) is 0.995. The smallest absolute Gasteiger partial charge is 0.235 e. The van der Waals surface area contributed by atoms with E-state index in [1.807, 2.05) is 18.7 Å². The summed E-state index contributed by atoms with van der Waals surface area (Å²) in [5.74, 6) is 0.0835. The molecule has 0 spiro atoms. The van der Waals surface area contributed by atoms with Gasteiger partial charge in [-0.15, -0.1) is 0 Å². The molecule has 2 saturated heterocycles. The fourth-order valence-electron chi connectivity index (χ4n) is 2.84. The Bertz CT molecular complexity index is 356. The van der Waals surface area contributed by atoms with Gasteiger partial charge < -0.3 is 10.6 Å². The zero-order valence-electron chi connectivity index (χ0n) is 11.3. The first kappa shape index (κ1) is 13.7. The molecular weight excluding hydrogens is 246 g/mol. The first-order valence-electron chi connectivity index (χ1n) is 6.76. The molecule has 2 rings (SSSR count). The van der Waals surface area contributed by atoms with E-state index in [4.69, 9.17) is 18.0 Å². The number of rotatable bonds is 2. The van der Waals surface area contributed by atoms with E-state index in [-0.39, 0.29) is 5.91 Å². The summed E-state index contributed by atoms with van der Waals surface area (Å²) in [7, 11) is 0. The highest BCUT2D eigenvalue weighted by Gasteiger charge is 2.38. The Labute approximate surface area is 114 Å². The summed E-state index contributed by atoms with van der Waals surface area (Å²) < 4.78 is 0. The van der Waals surface area contributed by atoms with Gasteiger partial charge in [0.2, 0.25) is 5.91 Å². The van der Waals surface area contributed by atoms with Crippen molar-refractivity contribution in [2.24, 2.45) is 11.1 Å². The second-order valence-corrected chi connectivity index (χ2v) is 6.37. The van der Waals surface area contributed by atoms with Gasteiger partial charge in [0.15, 0.2) is 0 Å². The molecule has 0 aromatic rings. The second kappa shape index (κ2) is 5.13. The molecule has 0 radical (unpaired) electrons. The minimum atomic E-state index is -0.716. The summed E-state index contributed by atoms with van der Waals surface area (Å²) in [5, 5.41) is 0. The Morgan fingerprint density at radius 1 is 1.28 bits per heavy atom. The highest BCUT2D eigenvalue weighted by atomic mass is 32.1.